The molecule has 7 nitrogen and oxygen atoms in total. The standard InChI is InChI=1S/C25H35N5O2/c1-3-26-24(31)19-32-23-14-8-10-20(16-23)17-28-25(27-4-2)29-21-11-9-15-30(18-21)22-12-6-5-7-13-22/h5-8,10,12-14,16,21H,3-4,9,11,15,17-19H2,1-2H3,(H,26,31)(H2,27,28,29). The van der Waals surface area contributed by atoms with Gasteiger partial charge < -0.3 is 25.6 Å². The minimum absolute atomic E-state index is 0.0182. The van der Waals surface area contributed by atoms with Gasteiger partial charge in [-0.2, -0.15) is 0 Å². The lowest BCUT2D eigenvalue weighted by Gasteiger charge is -2.35. The van der Waals surface area contributed by atoms with Crippen molar-refractivity contribution in [2.75, 3.05) is 37.7 Å². The van der Waals surface area contributed by atoms with Crippen molar-refractivity contribution < 1.29 is 9.53 Å². The third-order valence-electron chi connectivity index (χ3n) is 5.29. The maximum Gasteiger partial charge on any atom is 0.257 e. The normalized spacial score (nSPS) is 16.4. The first kappa shape index (κ1) is 23.4. The molecule has 0 saturated carbocycles. The quantitative estimate of drug-likeness (QED) is 0.415. The van der Waals surface area contributed by atoms with E-state index in [4.69, 9.17) is 9.73 Å². The Morgan fingerprint density at radius 3 is 2.69 bits per heavy atom. The number of para-hydroxylation sites is 1. The van der Waals surface area contributed by atoms with Crippen molar-refractivity contribution in [3.05, 3.63) is 60.2 Å². The number of piperidine rings is 1. The number of hydrogen-bond acceptors (Lipinski definition) is 4. The van der Waals surface area contributed by atoms with Gasteiger partial charge in [-0.1, -0.05) is 30.3 Å². The minimum Gasteiger partial charge on any atom is -0.484 e. The van der Waals surface area contributed by atoms with E-state index in [2.05, 4.69) is 58.1 Å². The lowest BCUT2D eigenvalue weighted by Crippen LogP contribution is -2.51. The fourth-order valence-corrected chi connectivity index (χ4v) is 3.78. The number of anilines is 1. The molecule has 7 heteroatoms. The summed E-state index contributed by atoms with van der Waals surface area (Å²) >= 11 is 0. The molecule has 1 amide bonds. The molecule has 3 N–H and O–H groups in total. The third kappa shape index (κ3) is 7.48. The molecule has 1 aliphatic heterocycles. The van der Waals surface area contributed by atoms with Gasteiger partial charge in [0.1, 0.15) is 5.75 Å². The number of carbonyl (C=O) groups excluding carboxylic acids is 1. The highest BCUT2D eigenvalue weighted by molar-refractivity contribution is 5.80. The molecule has 1 unspecified atom stereocenters. The summed E-state index contributed by atoms with van der Waals surface area (Å²) < 4.78 is 5.59. The summed E-state index contributed by atoms with van der Waals surface area (Å²) in [6.45, 7) is 7.95. The molecular weight excluding hydrogens is 402 g/mol. The number of aliphatic imine (C=N–C) groups is 1. The molecule has 0 spiro atoms. The van der Waals surface area contributed by atoms with Crippen LogP contribution in [0.25, 0.3) is 0 Å². The van der Waals surface area contributed by atoms with Crippen LogP contribution < -0.4 is 25.6 Å². The van der Waals surface area contributed by atoms with E-state index in [1.807, 2.05) is 31.2 Å². The predicted molar refractivity (Wildman–Crippen MR) is 130 cm³/mol. The van der Waals surface area contributed by atoms with E-state index in [0.717, 1.165) is 44.0 Å². The van der Waals surface area contributed by atoms with E-state index in [0.29, 0.717) is 24.9 Å². The largest absolute Gasteiger partial charge is 0.484 e. The number of rotatable bonds is 9. The molecule has 1 heterocycles. The summed E-state index contributed by atoms with van der Waals surface area (Å²) in [5.74, 6) is 1.38. The van der Waals surface area contributed by atoms with Crippen molar-refractivity contribution >= 4 is 17.6 Å². The zero-order valence-electron chi connectivity index (χ0n) is 19.1. The monoisotopic (exact) mass is 437 g/mol. The van der Waals surface area contributed by atoms with Gasteiger partial charge in [0.2, 0.25) is 0 Å². The van der Waals surface area contributed by atoms with E-state index in [9.17, 15) is 4.79 Å². The Morgan fingerprint density at radius 2 is 1.91 bits per heavy atom. The number of guanidine groups is 1. The maximum absolute atomic E-state index is 11.6. The highest BCUT2D eigenvalue weighted by Gasteiger charge is 2.20. The molecule has 1 fully saturated rings. The Kier molecular flexibility index (Phi) is 9.22. The molecule has 0 radical (unpaired) electrons. The predicted octanol–water partition coefficient (Wildman–Crippen LogP) is 2.93. The zero-order chi connectivity index (χ0) is 22.6. The van der Waals surface area contributed by atoms with Crippen LogP contribution in [0.4, 0.5) is 5.69 Å². The van der Waals surface area contributed by atoms with Crippen LogP contribution in [0.1, 0.15) is 32.3 Å². The van der Waals surface area contributed by atoms with Crippen LogP contribution in [0.2, 0.25) is 0 Å². The lowest BCUT2D eigenvalue weighted by atomic mass is 10.1. The highest BCUT2D eigenvalue weighted by atomic mass is 16.5. The first-order valence-corrected chi connectivity index (χ1v) is 11.5. The molecule has 1 atom stereocenters. The Bertz CT molecular complexity index is 872. The number of amides is 1. The van der Waals surface area contributed by atoms with E-state index in [1.165, 1.54) is 5.69 Å². The van der Waals surface area contributed by atoms with Crippen molar-refractivity contribution in [2.45, 2.75) is 39.3 Å². The van der Waals surface area contributed by atoms with Crippen LogP contribution in [0, 0.1) is 0 Å². The Morgan fingerprint density at radius 1 is 1.09 bits per heavy atom. The molecule has 1 saturated heterocycles. The average Bonchev–Trinajstić information content (AvgIpc) is 2.83. The summed E-state index contributed by atoms with van der Waals surface area (Å²) in [7, 11) is 0. The van der Waals surface area contributed by atoms with E-state index >= 15 is 0 Å². The van der Waals surface area contributed by atoms with Crippen LogP contribution in [0.3, 0.4) is 0 Å². The number of likely N-dealkylation sites (N-methyl/N-ethyl adjacent to an activating group) is 1. The van der Waals surface area contributed by atoms with Crippen molar-refractivity contribution in [3.63, 3.8) is 0 Å². The second-order valence-corrected chi connectivity index (χ2v) is 7.85. The molecule has 32 heavy (non-hydrogen) atoms. The topological polar surface area (TPSA) is 78.0 Å². The van der Waals surface area contributed by atoms with Gasteiger partial charge in [-0.05, 0) is 56.5 Å². The van der Waals surface area contributed by atoms with Gasteiger partial charge in [-0.3, -0.25) is 4.79 Å². The number of nitrogens with zero attached hydrogens (tertiary/aromatic N) is 2. The Labute approximate surface area is 191 Å². The smallest absolute Gasteiger partial charge is 0.257 e. The average molecular weight is 438 g/mol. The Balaban J connectivity index is 1.57. The summed E-state index contributed by atoms with van der Waals surface area (Å²) in [4.78, 5) is 18.8. The van der Waals surface area contributed by atoms with Crippen molar-refractivity contribution in [1.29, 1.82) is 0 Å². The maximum atomic E-state index is 11.6. The first-order chi connectivity index (χ1) is 15.7. The van der Waals surface area contributed by atoms with Crippen molar-refractivity contribution in [2.24, 2.45) is 4.99 Å². The molecule has 2 aromatic carbocycles. The third-order valence-corrected chi connectivity index (χ3v) is 5.29. The number of hydrogen-bond donors (Lipinski definition) is 3. The fraction of sp³-hybridized carbons (Fsp3) is 0.440. The van der Waals surface area contributed by atoms with Gasteiger partial charge in [-0.25, -0.2) is 4.99 Å². The first-order valence-electron chi connectivity index (χ1n) is 11.5. The lowest BCUT2D eigenvalue weighted by molar-refractivity contribution is -0.122. The summed E-state index contributed by atoms with van der Waals surface area (Å²) in [5.41, 5.74) is 2.30. The van der Waals surface area contributed by atoms with Gasteiger partial charge in [-0.15, -0.1) is 0 Å². The molecule has 0 aliphatic carbocycles. The van der Waals surface area contributed by atoms with E-state index in [-0.39, 0.29) is 12.5 Å². The molecule has 2 aromatic rings. The number of nitrogens with one attached hydrogen (secondary N) is 3. The van der Waals surface area contributed by atoms with Gasteiger partial charge in [0, 0.05) is 37.9 Å². The second kappa shape index (κ2) is 12.6. The summed E-state index contributed by atoms with van der Waals surface area (Å²) in [6.07, 6.45) is 2.27. The molecule has 172 valence electrons. The van der Waals surface area contributed by atoms with E-state index in [1.54, 1.807) is 0 Å². The zero-order valence-corrected chi connectivity index (χ0v) is 19.1. The van der Waals surface area contributed by atoms with Crippen LogP contribution in [0.15, 0.2) is 59.6 Å². The summed E-state index contributed by atoms with van der Waals surface area (Å²) in [5, 5.41) is 9.70. The summed E-state index contributed by atoms with van der Waals surface area (Å²) in [6, 6.07) is 18.7. The SMILES string of the molecule is CCNC(=O)COc1cccc(CN=C(NCC)NC2CCCN(c3ccccc3)C2)c1. The van der Waals surface area contributed by atoms with Crippen LogP contribution >= 0.6 is 0 Å². The molecule has 3 rings (SSSR count). The number of benzene rings is 2. The van der Waals surface area contributed by atoms with Crippen LogP contribution in [-0.4, -0.2) is 50.7 Å². The second-order valence-electron chi connectivity index (χ2n) is 7.85. The van der Waals surface area contributed by atoms with Crippen molar-refractivity contribution in [1.82, 2.24) is 16.0 Å². The van der Waals surface area contributed by atoms with E-state index < -0.39 is 0 Å². The molecule has 1 aliphatic rings. The van der Waals surface area contributed by atoms with Crippen LogP contribution in [0.5, 0.6) is 5.75 Å². The minimum atomic E-state index is -0.119. The van der Waals surface area contributed by atoms with Gasteiger partial charge in [0.15, 0.2) is 12.6 Å². The molecule has 0 bridgehead atoms. The fourth-order valence-electron chi connectivity index (χ4n) is 3.78. The van der Waals surface area contributed by atoms with Crippen molar-refractivity contribution in [3.8, 4) is 5.75 Å². The highest BCUT2D eigenvalue weighted by Crippen LogP contribution is 2.19. The van der Waals surface area contributed by atoms with Gasteiger partial charge in [0.05, 0.1) is 6.54 Å². The van der Waals surface area contributed by atoms with Gasteiger partial charge >= 0.3 is 0 Å². The van der Waals surface area contributed by atoms with Crippen LogP contribution in [-0.2, 0) is 11.3 Å². The number of ether oxygens (including phenoxy) is 1. The molecular formula is C25H35N5O2. The molecule has 0 aromatic heterocycles. The Hall–Kier alpha value is -3.22. The number of carbonyl (C=O) groups is 1. The van der Waals surface area contributed by atoms with Gasteiger partial charge in [0.25, 0.3) is 5.91 Å².